The molecule has 0 fully saturated rings. The minimum absolute atomic E-state index is 0.0972. The third kappa shape index (κ3) is 3.65. The van der Waals surface area contributed by atoms with Gasteiger partial charge in [0.05, 0.1) is 29.2 Å². The minimum Gasteiger partial charge on any atom is -0.397 e. The summed E-state index contributed by atoms with van der Waals surface area (Å²) in [5, 5.41) is 0. The number of anilines is 2. The molecule has 1 heterocycles. The maximum atomic E-state index is 12.6. The van der Waals surface area contributed by atoms with E-state index in [4.69, 9.17) is 5.73 Å². The zero-order valence-electron chi connectivity index (χ0n) is 11.8. The second-order valence-corrected chi connectivity index (χ2v) is 4.90. The quantitative estimate of drug-likeness (QED) is 0.879. The van der Waals surface area contributed by atoms with E-state index in [1.165, 1.54) is 6.07 Å². The molecule has 0 radical (unpaired) electrons. The summed E-state index contributed by atoms with van der Waals surface area (Å²) >= 11 is 0. The van der Waals surface area contributed by atoms with Crippen LogP contribution in [-0.2, 0) is 12.7 Å². The van der Waals surface area contributed by atoms with E-state index in [1.54, 1.807) is 11.9 Å². The summed E-state index contributed by atoms with van der Waals surface area (Å²) in [6, 6.07) is 9.01. The number of rotatable bonds is 3. The SMILES string of the molecule is Cc1cccc(CN(C)c2ccc(C(F)(F)F)cc2N)n1. The van der Waals surface area contributed by atoms with Crippen LogP contribution in [0.4, 0.5) is 24.5 Å². The molecule has 0 spiro atoms. The molecule has 112 valence electrons. The Morgan fingerprint density at radius 3 is 2.48 bits per heavy atom. The molecule has 2 N–H and O–H groups in total. The van der Waals surface area contributed by atoms with Gasteiger partial charge in [0.2, 0.25) is 0 Å². The summed E-state index contributed by atoms with van der Waals surface area (Å²) in [4.78, 5) is 6.14. The lowest BCUT2D eigenvalue weighted by Gasteiger charge is -2.21. The van der Waals surface area contributed by atoms with Crippen LogP contribution in [0.2, 0.25) is 0 Å². The van der Waals surface area contributed by atoms with E-state index < -0.39 is 11.7 Å². The Balaban J connectivity index is 2.22. The third-order valence-corrected chi connectivity index (χ3v) is 3.11. The van der Waals surface area contributed by atoms with E-state index in [2.05, 4.69) is 4.98 Å². The van der Waals surface area contributed by atoms with Crippen LogP contribution < -0.4 is 10.6 Å². The fourth-order valence-corrected chi connectivity index (χ4v) is 2.09. The molecule has 0 unspecified atom stereocenters. The number of benzene rings is 1. The molecular formula is C15H16F3N3. The molecule has 0 aliphatic carbocycles. The highest BCUT2D eigenvalue weighted by molar-refractivity contribution is 5.68. The van der Waals surface area contributed by atoms with Gasteiger partial charge in [-0.1, -0.05) is 6.07 Å². The summed E-state index contributed by atoms with van der Waals surface area (Å²) in [5.74, 6) is 0. The van der Waals surface area contributed by atoms with Crippen LogP contribution >= 0.6 is 0 Å². The van der Waals surface area contributed by atoms with Gasteiger partial charge in [-0.15, -0.1) is 0 Å². The van der Waals surface area contributed by atoms with E-state index >= 15 is 0 Å². The van der Waals surface area contributed by atoms with Crippen LogP contribution in [0.15, 0.2) is 36.4 Å². The monoisotopic (exact) mass is 295 g/mol. The van der Waals surface area contributed by atoms with Crippen LogP contribution in [0.25, 0.3) is 0 Å². The lowest BCUT2D eigenvalue weighted by molar-refractivity contribution is -0.137. The predicted octanol–water partition coefficient (Wildman–Crippen LogP) is 3.63. The van der Waals surface area contributed by atoms with Gasteiger partial charge in [-0.3, -0.25) is 4.98 Å². The lowest BCUT2D eigenvalue weighted by Crippen LogP contribution is -2.19. The number of hydrogen-bond acceptors (Lipinski definition) is 3. The fraction of sp³-hybridized carbons (Fsp3) is 0.267. The molecule has 1 aromatic heterocycles. The van der Waals surface area contributed by atoms with Crippen molar-refractivity contribution in [3.05, 3.63) is 53.3 Å². The van der Waals surface area contributed by atoms with Crippen molar-refractivity contribution in [1.29, 1.82) is 0 Å². The van der Waals surface area contributed by atoms with E-state index in [1.807, 2.05) is 25.1 Å². The summed E-state index contributed by atoms with van der Waals surface area (Å²) in [7, 11) is 1.77. The van der Waals surface area contributed by atoms with Crippen LogP contribution in [-0.4, -0.2) is 12.0 Å². The van der Waals surface area contributed by atoms with Crippen molar-refractivity contribution in [2.75, 3.05) is 17.7 Å². The van der Waals surface area contributed by atoms with Crippen molar-refractivity contribution in [2.45, 2.75) is 19.6 Å². The molecule has 0 bridgehead atoms. The van der Waals surface area contributed by atoms with Crippen LogP contribution in [0, 0.1) is 6.92 Å². The fourth-order valence-electron chi connectivity index (χ4n) is 2.09. The van der Waals surface area contributed by atoms with Gasteiger partial charge in [-0.05, 0) is 37.3 Å². The standard InChI is InChI=1S/C15H16F3N3/c1-10-4-3-5-12(20-10)9-21(2)14-7-6-11(8-13(14)19)15(16,17)18/h3-8H,9,19H2,1-2H3. The minimum atomic E-state index is -4.39. The normalized spacial score (nSPS) is 11.5. The second kappa shape index (κ2) is 5.63. The zero-order valence-corrected chi connectivity index (χ0v) is 11.8. The molecule has 6 heteroatoms. The van der Waals surface area contributed by atoms with Crippen molar-refractivity contribution >= 4 is 11.4 Å². The number of aromatic nitrogens is 1. The highest BCUT2D eigenvalue weighted by Gasteiger charge is 2.31. The van der Waals surface area contributed by atoms with Gasteiger partial charge in [0.1, 0.15) is 0 Å². The summed E-state index contributed by atoms with van der Waals surface area (Å²) in [6.45, 7) is 2.35. The molecule has 0 aliphatic heterocycles. The lowest BCUT2D eigenvalue weighted by atomic mass is 10.1. The number of aryl methyl sites for hydroxylation is 1. The Morgan fingerprint density at radius 1 is 1.19 bits per heavy atom. The van der Waals surface area contributed by atoms with Crippen LogP contribution in [0.1, 0.15) is 17.0 Å². The van der Waals surface area contributed by atoms with Gasteiger partial charge in [-0.25, -0.2) is 0 Å². The molecule has 2 aromatic rings. The molecule has 0 saturated carbocycles. The molecule has 0 aliphatic rings. The Labute approximate surface area is 121 Å². The van der Waals surface area contributed by atoms with E-state index in [-0.39, 0.29) is 5.69 Å². The Kier molecular flexibility index (Phi) is 4.06. The Bertz CT molecular complexity index is 638. The van der Waals surface area contributed by atoms with Crippen molar-refractivity contribution in [2.24, 2.45) is 0 Å². The van der Waals surface area contributed by atoms with Crippen LogP contribution in [0.3, 0.4) is 0 Å². The first kappa shape index (κ1) is 15.2. The van der Waals surface area contributed by atoms with Gasteiger partial charge < -0.3 is 10.6 Å². The smallest absolute Gasteiger partial charge is 0.397 e. The highest BCUT2D eigenvalue weighted by Crippen LogP contribution is 2.34. The Hall–Kier alpha value is -2.24. The molecule has 2 rings (SSSR count). The third-order valence-electron chi connectivity index (χ3n) is 3.11. The number of hydrogen-bond donors (Lipinski definition) is 1. The zero-order chi connectivity index (χ0) is 15.6. The number of nitrogen functional groups attached to an aromatic ring is 1. The van der Waals surface area contributed by atoms with Gasteiger partial charge in [-0.2, -0.15) is 13.2 Å². The topological polar surface area (TPSA) is 42.1 Å². The summed E-state index contributed by atoms with van der Waals surface area (Å²) < 4.78 is 37.8. The highest BCUT2D eigenvalue weighted by atomic mass is 19.4. The number of pyridine rings is 1. The summed E-state index contributed by atoms with van der Waals surface area (Å²) in [5.41, 5.74) is 7.36. The largest absolute Gasteiger partial charge is 0.416 e. The van der Waals surface area contributed by atoms with Gasteiger partial charge in [0, 0.05) is 12.7 Å². The van der Waals surface area contributed by atoms with Crippen molar-refractivity contribution in [3.63, 3.8) is 0 Å². The maximum absolute atomic E-state index is 12.6. The van der Waals surface area contributed by atoms with Crippen molar-refractivity contribution in [3.8, 4) is 0 Å². The molecule has 0 atom stereocenters. The van der Waals surface area contributed by atoms with Gasteiger partial charge in [0.15, 0.2) is 0 Å². The maximum Gasteiger partial charge on any atom is 0.416 e. The second-order valence-electron chi connectivity index (χ2n) is 4.90. The number of halogens is 3. The van der Waals surface area contributed by atoms with E-state index in [0.29, 0.717) is 12.2 Å². The molecule has 0 amide bonds. The molecule has 0 saturated heterocycles. The first-order valence-electron chi connectivity index (χ1n) is 6.38. The average molecular weight is 295 g/mol. The van der Waals surface area contributed by atoms with Crippen molar-refractivity contribution < 1.29 is 13.2 Å². The Morgan fingerprint density at radius 2 is 1.90 bits per heavy atom. The number of nitrogens with zero attached hydrogens (tertiary/aromatic N) is 2. The number of nitrogens with two attached hydrogens (primary N) is 1. The summed E-state index contributed by atoms with van der Waals surface area (Å²) in [6.07, 6.45) is -4.39. The molecule has 21 heavy (non-hydrogen) atoms. The number of alkyl halides is 3. The predicted molar refractivity (Wildman–Crippen MR) is 76.9 cm³/mol. The van der Waals surface area contributed by atoms with E-state index in [0.717, 1.165) is 23.5 Å². The molecule has 1 aromatic carbocycles. The van der Waals surface area contributed by atoms with Crippen molar-refractivity contribution in [1.82, 2.24) is 4.98 Å². The molecule has 3 nitrogen and oxygen atoms in total. The van der Waals surface area contributed by atoms with Gasteiger partial charge in [0.25, 0.3) is 0 Å². The van der Waals surface area contributed by atoms with Gasteiger partial charge >= 0.3 is 6.18 Å². The first-order chi connectivity index (χ1) is 9.77. The average Bonchev–Trinajstić information content (AvgIpc) is 2.37. The van der Waals surface area contributed by atoms with E-state index in [9.17, 15) is 13.2 Å². The first-order valence-corrected chi connectivity index (χ1v) is 6.38. The molecular weight excluding hydrogens is 279 g/mol. The van der Waals surface area contributed by atoms with Crippen LogP contribution in [0.5, 0.6) is 0 Å².